The summed E-state index contributed by atoms with van der Waals surface area (Å²) in [7, 11) is -4.02. The highest BCUT2D eigenvalue weighted by Gasteiger charge is 2.27. The number of anilines is 1. The van der Waals surface area contributed by atoms with Gasteiger partial charge in [0.05, 0.1) is 23.2 Å². The summed E-state index contributed by atoms with van der Waals surface area (Å²) in [4.78, 5) is 12.8. The third kappa shape index (κ3) is 5.64. The molecule has 0 radical (unpaired) electrons. The predicted molar refractivity (Wildman–Crippen MR) is 122 cm³/mol. The van der Waals surface area contributed by atoms with E-state index >= 15 is 0 Å². The van der Waals surface area contributed by atoms with E-state index in [1.54, 1.807) is 61.5 Å². The first-order chi connectivity index (χ1) is 15.3. The van der Waals surface area contributed by atoms with Crippen LogP contribution in [0, 0.1) is 5.82 Å². The zero-order valence-corrected chi connectivity index (χ0v) is 18.7. The van der Waals surface area contributed by atoms with Crippen molar-refractivity contribution in [2.24, 2.45) is 0 Å². The Morgan fingerprint density at radius 2 is 1.62 bits per heavy atom. The van der Waals surface area contributed by atoms with Gasteiger partial charge in [-0.2, -0.15) is 0 Å². The Bertz CT molecular complexity index is 1130. The molecule has 0 aliphatic rings. The normalized spacial score (nSPS) is 12.1. The molecule has 0 saturated carbocycles. The molecule has 8 heteroatoms. The zero-order valence-electron chi connectivity index (χ0n) is 17.9. The van der Waals surface area contributed by atoms with Gasteiger partial charge in [-0.25, -0.2) is 12.8 Å². The van der Waals surface area contributed by atoms with Gasteiger partial charge in [-0.05, 0) is 67.9 Å². The van der Waals surface area contributed by atoms with Crippen molar-refractivity contribution in [2.75, 3.05) is 17.5 Å². The van der Waals surface area contributed by atoms with Crippen molar-refractivity contribution in [1.29, 1.82) is 0 Å². The number of halogens is 1. The van der Waals surface area contributed by atoms with Crippen LogP contribution in [0.4, 0.5) is 10.1 Å². The Balaban J connectivity index is 1.84. The number of carbonyl (C=O) groups is 1. The Labute approximate surface area is 187 Å². The Kier molecular flexibility index (Phi) is 7.48. The standard InChI is InChI=1S/C24H25FN2O4S/c1-3-31-22-13-15-23(16-14-22)32(29,30)27(21-7-5-4-6-8-21)17-24(28)26-18(2)19-9-11-20(25)12-10-19/h4-16,18H,3,17H2,1-2H3,(H,26,28)/t18-/m1/s1. The van der Waals surface area contributed by atoms with Crippen LogP contribution in [0.5, 0.6) is 5.75 Å². The zero-order chi connectivity index (χ0) is 23.1. The van der Waals surface area contributed by atoms with Crippen LogP contribution in [0.3, 0.4) is 0 Å². The first kappa shape index (κ1) is 23.3. The van der Waals surface area contributed by atoms with Crippen LogP contribution in [0.2, 0.25) is 0 Å². The number of amides is 1. The maximum absolute atomic E-state index is 13.4. The van der Waals surface area contributed by atoms with E-state index < -0.39 is 28.5 Å². The van der Waals surface area contributed by atoms with Crippen LogP contribution >= 0.6 is 0 Å². The van der Waals surface area contributed by atoms with Crippen molar-refractivity contribution in [2.45, 2.75) is 24.8 Å². The van der Waals surface area contributed by atoms with Crippen LogP contribution in [0.25, 0.3) is 0 Å². The molecule has 0 unspecified atom stereocenters. The average Bonchev–Trinajstić information content (AvgIpc) is 2.79. The van der Waals surface area contributed by atoms with E-state index in [0.29, 0.717) is 23.6 Å². The molecule has 1 amide bonds. The van der Waals surface area contributed by atoms with Crippen molar-refractivity contribution in [1.82, 2.24) is 5.32 Å². The number of sulfonamides is 1. The van der Waals surface area contributed by atoms with Gasteiger partial charge < -0.3 is 10.1 Å². The van der Waals surface area contributed by atoms with Crippen LogP contribution in [-0.4, -0.2) is 27.5 Å². The van der Waals surface area contributed by atoms with Gasteiger partial charge in [-0.1, -0.05) is 30.3 Å². The largest absolute Gasteiger partial charge is 0.494 e. The lowest BCUT2D eigenvalue weighted by Gasteiger charge is -2.25. The summed E-state index contributed by atoms with van der Waals surface area (Å²) in [6.45, 7) is 3.64. The third-order valence-corrected chi connectivity index (χ3v) is 6.59. The Morgan fingerprint density at radius 1 is 1.00 bits per heavy atom. The molecule has 3 aromatic carbocycles. The number of benzene rings is 3. The van der Waals surface area contributed by atoms with E-state index in [9.17, 15) is 17.6 Å². The smallest absolute Gasteiger partial charge is 0.264 e. The number of nitrogens with one attached hydrogen (secondary N) is 1. The molecule has 168 valence electrons. The predicted octanol–water partition coefficient (Wildman–Crippen LogP) is 4.30. The highest BCUT2D eigenvalue weighted by Crippen LogP contribution is 2.25. The molecule has 0 aliphatic carbocycles. The van der Waals surface area contributed by atoms with E-state index in [4.69, 9.17) is 4.74 Å². The Hall–Kier alpha value is -3.39. The fourth-order valence-corrected chi connectivity index (χ4v) is 4.58. The van der Waals surface area contributed by atoms with Crippen molar-refractivity contribution in [3.8, 4) is 5.75 Å². The van der Waals surface area contributed by atoms with Crippen molar-refractivity contribution < 1.29 is 22.3 Å². The highest BCUT2D eigenvalue weighted by molar-refractivity contribution is 7.92. The van der Waals surface area contributed by atoms with Gasteiger partial charge in [-0.3, -0.25) is 9.10 Å². The van der Waals surface area contributed by atoms with E-state index in [1.807, 2.05) is 6.92 Å². The van der Waals surface area contributed by atoms with Gasteiger partial charge >= 0.3 is 0 Å². The van der Waals surface area contributed by atoms with Gasteiger partial charge in [-0.15, -0.1) is 0 Å². The molecular formula is C24H25FN2O4S. The molecule has 0 aliphatic heterocycles. The summed E-state index contributed by atoms with van der Waals surface area (Å²) in [6, 6.07) is 19.8. The number of rotatable bonds is 9. The third-order valence-electron chi connectivity index (χ3n) is 4.80. The molecule has 3 aromatic rings. The van der Waals surface area contributed by atoms with E-state index in [0.717, 1.165) is 4.31 Å². The first-order valence-corrected chi connectivity index (χ1v) is 11.6. The second-order valence-electron chi connectivity index (χ2n) is 7.09. The first-order valence-electron chi connectivity index (χ1n) is 10.2. The van der Waals surface area contributed by atoms with Crippen LogP contribution in [0.1, 0.15) is 25.5 Å². The molecule has 1 N–H and O–H groups in total. The molecule has 0 spiro atoms. The van der Waals surface area contributed by atoms with Crippen molar-refractivity contribution in [3.63, 3.8) is 0 Å². The van der Waals surface area contributed by atoms with E-state index in [1.165, 1.54) is 24.3 Å². The number of para-hydroxylation sites is 1. The molecule has 6 nitrogen and oxygen atoms in total. The van der Waals surface area contributed by atoms with Crippen LogP contribution < -0.4 is 14.4 Å². The van der Waals surface area contributed by atoms with Gasteiger partial charge in [0.15, 0.2) is 0 Å². The topological polar surface area (TPSA) is 75.7 Å². The molecule has 3 rings (SSSR count). The van der Waals surface area contributed by atoms with Gasteiger partial charge in [0.2, 0.25) is 5.91 Å². The van der Waals surface area contributed by atoms with Gasteiger partial charge in [0.25, 0.3) is 10.0 Å². The van der Waals surface area contributed by atoms with Gasteiger partial charge in [0.1, 0.15) is 18.1 Å². The number of hydrogen-bond donors (Lipinski definition) is 1. The average molecular weight is 457 g/mol. The van der Waals surface area contributed by atoms with Crippen molar-refractivity contribution in [3.05, 3.63) is 90.2 Å². The number of hydrogen-bond acceptors (Lipinski definition) is 4. The monoisotopic (exact) mass is 456 g/mol. The fraction of sp³-hybridized carbons (Fsp3) is 0.208. The Morgan fingerprint density at radius 3 is 2.22 bits per heavy atom. The lowest BCUT2D eigenvalue weighted by Crippen LogP contribution is -2.41. The van der Waals surface area contributed by atoms with Crippen LogP contribution in [0.15, 0.2) is 83.8 Å². The summed E-state index contributed by atoms with van der Waals surface area (Å²) >= 11 is 0. The maximum Gasteiger partial charge on any atom is 0.264 e. The molecule has 0 fully saturated rings. The second-order valence-corrected chi connectivity index (χ2v) is 8.95. The van der Waals surface area contributed by atoms with Gasteiger partial charge in [0, 0.05) is 0 Å². The molecule has 0 heterocycles. The quantitative estimate of drug-likeness (QED) is 0.521. The van der Waals surface area contributed by atoms with Crippen molar-refractivity contribution >= 4 is 21.6 Å². The molecule has 1 atom stereocenters. The molecule has 0 bridgehead atoms. The molecular weight excluding hydrogens is 431 g/mol. The minimum atomic E-state index is -4.02. The minimum absolute atomic E-state index is 0.0455. The summed E-state index contributed by atoms with van der Waals surface area (Å²) in [5.41, 5.74) is 1.08. The highest BCUT2D eigenvalue weighted by atomic mass is 32.2. The number of nitrogens with zero attached hydrogens (tertiary/aromatic N) is 1. The molecule has 32 heavy (non-hydrogen) atoms. The number of carbonyl (C=O) groups excluding carboxylic acids is 1. The summed E-state index contributed by atoms with van der Waals surface area (Å²) in [6.07, 6.45) is 0. The minimum Gasteiger partial charge on any atom is -0.494 e. The molecule has 0 saturated heterocycles. The summed E-state index contributed by atoms with van der Waals surface area (Å²) < 4.78 is 46.4. The van der Waals surface area contributed by atoms with Crippen LogP contribution in [-0.2, 0) is 14.8 Å². The lowest BCUT2D eigenvalue weighted by atomic mass is 10.1. The lowest BCUT2D eigenvalue weighted by molar-refractivity contribution is -0.120. The molecule has 0 aromatic heterocycles. The van der Waals surface area contributed by atoms with E-state index in [2.05, 4.69) is 5.32 Å². The second kappa shape index (κ2) is 10.3. The SMILES string of the molecule is CCOc1ccc(S(=O)(=O)N(CC(=O)N[C@H](C)c2ccc(F)cc2)c2ccccc2)cc1. The summed E-state index contributed by atoms with van der Waals surface area (Å²) in [5, 5.41) is 2.78. The fourth-order valence-electron chi connectivity index (χ4n) is 3.16. The summed E-state index contributed by atoms with van der Waals surface area (Å²) in [5.74, 6) is -0.298. The number of ether oxygens (including phenoxy) is 1. The maximum atomic E-state index is 13.4. The van der Waals surface area contributed by atoms with E-state index in [-0.39, 0.29) is 10.7 Å².